The summed E-state index contributed by atoms with van der Waals surface area (Å²) in [4.78, 5) is 14.4. The maximum Gasteiger partial charge on any atom is 0.239 e. The van der Waals surface area contributed by atoms with E-state index in [9.17, 15) is 4.79 Å². The van der Waals surface area contributed by atoms with Crippen molar-refractivity contribution in [3.63, 3.8) is 0 Å². The highest BCUT2D eigenvalue weighted by Crippen LogP contribution is 2.23. The van der Waals surface area contributed by atoms with Crippen LogP contribution >= 0.6 is 0 Å². The summed E-state index contributed by atoms with van der Waals surface area (Å²) >= 11 is 0. The summed E-state index contributed by atoms with van der Waals surface area (Å²) in [5, 5.41) is 0. The van der Waals surface area contributed by atoms with Crippen LogP contribution in [0.1, 0.15) is 39.0 Å². The Bertz CT molecular complexity index is 273. The monoisotopic (exact) mass is 254 g/mol. The van der Waals surface area contributed by atoms with Gasteiger partial charge < -0.3 is 15.4 Å². The fraction of sp³-hybridized carbons (Fsp3) is 0.929. The zero-order valence-electron chi connectivity index (χ0n) is 11.4. The van der Waals surface area contributed by atoms with Crippen molar-refractivity contribution in [3.8, 4) is 0 Å². The van der Waals surface area contributed by atoms with Crippen LogP contribution in [0.4, 0.5) is 0 Å². The third kappa shape index (κ3) is 3.23. The largest absolute Gasteiger partial charge is 0.381 e. The lowest BCUT2D eigenvalue weighted by atomic mass is 9.89. The van der Waals surface area contributed by atoms with E-state index in [0.29, 0.717) is 11.8 Å². The summed E-state index contributed by atoms with van der Waals surface area (Å²) in [6.07, 6.45) is 5.41. The van der Waals surface area contributed by atoms with Crippen molar-refractivity contribution in [2.24, 2.45) is 17.6 Å². The first-order valence-corrected chi connectivity index (χ1v) is 7.34. The number of carbonyl (C=O) groups is 1. The normalized spacial score (nSPS) is 28.1. The van der Waals surface area contributed by atoms with Crippen molar-refractivity contribution >= 4 is 5.91 Å². The van der Waals surface area contributed by atoms with Gasteiger partial charge in [-0.25, -0.2) is 0 Å². The molecule has 4 heteroatoms. The third-order valence-electron chi connectivity index (χ3n) is 4.47. The molecule has 18 heavy (non-hydrogen) atoms. The van der Waals surface area contributed by atoms with E-state index < -0.39 is 0 Å². The Hall–Kier alpha value is -0.610. The van der Waals surface area contributed by atoms with Crippen molar-refractivity contribution in [1.29, 1.82) is 0 Å². The molecule has 2 heterocycles. The minimum Gasteiger partial charge on any atom is -0.381 e. The maximum atomic E-state index is 12.4. The number of likely N-dealkylation sites (tertiary alicyclic amines) is 1. The number of nitrogens with zero attached hydrogens (tertiary/aromatic N) is 1. The lowest BCUT2D eigenvalue weighted by molar-refractivity contribution is -0.136. The van der Waals surface area contributed by atoms with Crippen molar-refractivity contribution in [3.05, 3.63) is 0 Å². The Labute approximate surface area is 110 Å². The van der Waals surface area contributed by atoms with E-state index in [1.807, 2.05) is 4.90 Å². The Morgan fingerprint density at radius 2 is 2.11 bits per heavy atom. The van der Waals surface area contributed by atoms with Crippen molar-refractivity contribution < 1.29 is 9.53 Å². The summed E-state index contributed by atoms with van der Waals surface area (Å²) in [5.74, 6) is 1.15. The molecule has 2 aliphatic rings. The highest BCUT2D eigenvalue weighted by Gasteiger charge is 2.31. The van der Waals surface area contributed by atoms with Gasteiger partial charge in [-0.2, -0.15) is 0 Å². The molecule has 2 saturated heterocycles. The summed E-state index contributed by atoms with van der Waals surface area (Å²) in [6, 6.07) is -0.315. The van der Waals surface area contributed by atoms with Gasteiger partial charge in [0, 0.05) is 26.3 Å². The quantitative estimate of drug-likeness (QED) is 0.828. The average molecular weight is 254 g/mol. The van der Waals surface area contributed by atoms with Gasteiger partial charge in [0.05, 0.1) is 6.04 Å². The van der Waals surface area contributed by atoms with E-state index in [1.165, 1.54) is 6.42 Å². The van der Waals surface area contributed by atoms with Crippen molar-refractivity contribution in [2.45, 2.75) is 45.1 Å². The minimum atomic E-state index is -0.315. The van der Waals surface area contributed by atoms with Gasteiger partial charge in [0.25, 0.3) is 0 Å². The number of piperidine rings is 1. The first kappa shape index (κ1) is 13.8. The Balaban J connectivity index is 1.88. The smallest absolute Gasteiger partial charge is 0.239 e. The molecule has 104 valence electrons. The fourth-order valence-electron chi connectivity index (χ4n) is 3.09. The molecule has 2 atom stereocenters. The SMILES string of the molecule is CCC1CCCN(C(=O)C(N)C2CCOCC2)C1. The topological polar surface area (TPSA) is 55.6 Å². The number of rotatable bonds is 3. The van der Waals surface area contributed by atoms with Crippen molar-refractivity contribution in [2.75, 3.05) is 26.3 Å². The number of nitrogens with two attached hydrogens (primary N) is 1. The zero-order valence-corrected chi connectivity index (χ0v) is 11.4. The van der Waals surface area contributed by atoms with Gasteiger partial charge in [-0.1, -0.05) is 13.3 Å². The molecule has 2 N–H and O–H groups in total. The maximum absolute atomic E-state index is 12.4. The molecule has 2 aliphatic heterocycles. The lowest BCUT2D eigenvalue weighted by Crippen LogP contribution is -2.51. The van der Waals surface area contributed by atoms with E-state index >= 15 is 0 Å². The van der Waals surface area contributed by atoms with Gasteiger partial charge in [0.15, 0.2) is 0 Å². The van der Waals surface area contributed by atoms with Crippen LogP contribution in [0.15, 0.2) is 0 Å². The highest BCUT2D eigenvalue weighted by molar-refractivity contribution is 5.82. The molecule has 0 saturated carbocycles. The van der Waals surface area contributed by atoms with Gasteiger partial charge >= 0.3 is 0 Å². The van der Waals surface area contributed by atoms with E-state index in [-0.39, 0.29) is 11.9 Å². The fourth-order valence-corrected chi connectivity index (χ4v) is 3.09. The van der Waals surface area contributed by atoms with E-state index in [2.05, 4.69) is 6.92 Å². The molecule has 0 aromatic carbocycles. The van der Waals surface area contributed by atoms with Crippen LogP contribution < -0.4 is 5.73 Å². The lowest BCUT2D eigenvalue weighted by Gasteiger charge is -2.36. The third-order valence-corrected chi connectivity index (χ3v) is 4.47. The molecule has 2 rings (SSSR count). The average Bonchev–Trinajstić information content (AvgIpc) is 2.46. The van der Waals surface area contributed by atoms with Crippen LogP contribution in [0.2, 0.25) is 0 Å². The molecule has 0 aliphatic carbocycles. The molecule has 1 amide bonds. The predicted octanol–water partition coefficient (Wildman–Crippen LogP) is 1.39. The Kier molecular flexibility index (Phi) is 5.01. The summed E-state index contributed by atoms with van der Waals surface area (Å²) < 4.78 is 5.33. The van der Waals surface area contributed by atoms with Gasteiger partial charge in [0.1, 0.15) is 0 Å². The van der Waals surface area contributed by atoms with E-state index in [4.69, 9.17) is 10.5 Å². The van der Waals surface area contributed by atoms with Gasteiger partial charge in [-0.3, -0.25) is 4.79 Å². The summed E-state index contributed by atoms with van der Waals surface area (Å²) in [6.45, 7) is 5.52. The Morgan fingerprint density at radius 1 is 1.39 bits per heavy atom. The molecule has 0 aromatic rings. The first-order chi connectivity index (χ1) is 8.72. The highest BCUT2D eigenvalue weighted by atomic mass is 16.5. The molecule has 0 aromatic heterocycles. The second-order valence-electron chi connectivity index (χ2n) is 5.68. The molecular weight excluding hydrogens is 228 g/mol. The number of carbonyl (C=O) groups excluding carboxylic acids is 1. The van der Waals surface area contributed by atoms with Gasteiger partial charge in [0.2, 0.25) is 5.91 Å². The number of amides is 1. The van der Waals surface area contributed by atoms with E-state index in [1.54, 1.807) is 0 Å². The predicted molar refractivity (Wildman–Crippen MR) is 71.1 cm³/mol. The van der Waals surface area contributed by atoms with Crippen LogP contribution in [-0.4, -0.2) is 43.2 Å². The number of ether oxygens (including phenoxy) is 1. The molecule has 0 bridgehead atoms. The standard InChI is InChI=1S/C14H26N2O2/c1-2-11-4-3-7-16(10-11)14(17)13(15)12-5-8-18-9-6-12/h11-13H,2-10,15H2,1H3. The summed E-state index contributed by atoms with van der Waals surface area (Å²) in [7, 11) is 0. The van der Waals surface area contributed by atoms with Gasteiger partial charge in [-0.15, -0.1) is 0 Å². The minimum absolute atomic E-state index is 0.167. The number of hydrogen-bond acceptors (Lipinski definition) is 3. The van der Waals surface area contributed by atoms with Crippen LogP contribution in [0.3, 0.4) is 0 Å². The van der Waals surface area contributed by atoms with Crippen LogP contribution in [0, 0.1) is 11.8 Å². The second-order valence-corrected chi connectivity index (χ2v) is 5.68. The van der Waals surface area contributed by atoms with Gasteiger partial charge in [-0.05, 0) is 37.5 Å². The Morgan fingerprint density at radius 3 is 2.78 bits per heavy atom. The molecule has 2 unspecified atom stereocenters. The van der Waals surface area contributed by atoms with Crippen LogP contribution in [0.25, 0.3) is 0 Å². The molecule has 0 spiro atoms. The van der Waals surface area contributed by atoms with Crippen molar-refractivity contribution in [1.82, 2.24) is 4.90 Å². The molecule has 4 nitrogen and oxygen atoms in total. The number of hydrogen-bond donors (Lipinski definition) is 1. The summed E-state index contributed by atoms with van der Waals surface area (Å²) in [5.41, 5.74) is 6.16. The second kappa shape index (κ2) is 6.53. The first-order valence-electron chi connectivity index (χ1n) is 7.34. The van der Waals surface area contributed by atoms with E-state index in [0.717, 1.165) is 52.0 Å². The zero-order chi connectivity index (χ0) is 13.0. The van der Waals surface area contributed by atoms with Crippen LogP contribution in [-0.2, 0) is 9.53 Å². The van der Waals surface area contributed by atoms with Crippen LogP contribution in [0.5, 0.6) is 0 Å². The molecule has 0 radical (unpaired) electrons. The molecule has 2 fully saturated rings. The molecular formula is C14H26N2O2.